The quantitative estimate of drug-likeness (QED) is 0.726. The smallest absolute Gasteiger partial charge is 0.337 e. The Morgan fingerprint density at radius 1 is 1.08 bits per heavy atom. The Balaban J connectivity index is 2.28. The van der Waals surface area contributed by atoms with Crippen LogP contribution < -0.4 is 5.73 Å². The van der Waals surface area contributed by atoms with Gasteiger partial charge in [0.25, 0.3) is 0 Å². The molecule has 0 aromatic heterocycles. The van der Waals surface area contributed by atoms with E-state index in [-0.39, 0.29) is 11.4 Å². The molecule has 0 unspecified atom stereocenters. The summed E-state index contributed by atoms with van der Waals surface area (Å²) >= 11 is 0. The zero-order valence-corrected chi connectivity index (χ0v) is 14.9. The van der Waals surface area contributed by atoms with Gasteiger partial charge >= 0.3 is 5.97 Å². The fraction of sp³-hybridized carbons (Fsp3) is 0.278. The molecule has 0 spiro atoms. The zero-order chi connectivity index (χ0) is 18.3. The van der Waals surface area contributed by atoms with Crippen LogP contribution in [-0.2, 0) is 21.3 Å². The van der Waals surface area contributed by atoms with Crippen molar-refractivity contribution in [1.29, 1.82) is 0 Å². The van der Waals surface area contributed by atoms with Crippen LogP contribution in [0.1, 0.15) is 22.3 Å². The molecule has 6 nitrogen and oxygen atoms in total. The van der Waals surface area contributed by atoms with Crippen LogP contribution in [0.2, 0.25) is 0 Å². The highest BCUT2D eigenvalue weighted by molar-refractivity contribution is 7.89. The minimum absolute atomic E-state index is 0.133. The van der Waals surface area contributed by atoms with Gasteiger partial charge in [-0.05, 0) is 42.8 Å². The summed E-state index contributed by atoms with van der Waals surface area (Å²) in [5, 5.41) is 0. The van der Waals surface area contributed by atoms with Crippen LogP contribution >= 0.6 is 0 Å². The van der Waals surface area contributed by atoms with Crippen molar-refractivity contribution >= 4 is 16.0 Å². The topological polar surface area (TPSA) is 89.7 Å². The Hall–Kier alpha value is -2.22. The van der Waals surface area contributed by atoms with Crippen LogP contribution in [0.25, 0.3) is 0 Å². The summed E-state index contributed by atoms with van der Waals surface area (Å²) in [6.07, 6.45) is 0.562. The number of rotatable bonds is 8. The fourth-order valence-corrected chi connectivity index (χ4v) is 3.84. The van der Waals surface area contributed by atoms with Crippen molar-refractivity contribution in [2.75, 3.05) is 20.2 Å². The van der Waals surface area contributed by atoms with Crippen molar-refractivity contribution in [2.45, 2.75) is 17.9 Å². The maximum absolute atomic E-state index is 13.0. The van der Waals surface area contributed by atoms with E-state index in [2.05, 4.69) is 4.74 Å². The van der Waals surface area contributed by atoms with Crippen LogP contribution in [0, 0.1) is 0 Å². The van der Waals surface area contributed by atoms with E-state index in [0.717, 1.165) is 5.56 Å². The Morgan fingerprint density at radius 3 is 2.28 bits per heavy atom. The van der Waals surface area contributed by atoms with Crippen molar-refractivity contribution in [3.05, 3.63) is 65.7 Å². The highest BCUT2D eigenvalue weighted by Gasteiger charge is 2.24. The van der Waals surface area contributed by atoms with E-state index in [1.54, 1.807) is 0 Å². The van der Waals surface area contributed by atoms with Crippen molar-refractivity contribution in [3.63, 3.8) is 0 Å². The molecule has 2 N–H and O–H groups in total. The molecule has 0 saturated heterocycles. The molecule has 25 heavy (non-hydrogen) atoms. The highest BCUT2D eigenvalue weighted by atomic mass is 32.2. The lowest BCUT2D eigenvalue weighted by atomic mass is 10.2. The molecule has 0 heterocycles. The van der Waals surface area contributed by atoms with Gasteiger partial charge in [-0.15, -0.1) is 0 Å². The van der Waals surface area contributed by atoms with Gasteiger partial charge in [-0.25, -0.2) is 13.2 Å². The van der Waals surface area contributed by atoms with E-state index >= 15 is 0 Å². The van der Waals surface area contributed by atoms with Gasteiger partial charge < -0.3 is 10.5 Å². The Labute approximate surface area is 148 Å². The second-order valence-electron chi connectivity index (χ2n) is 5.48. The maximum atomic E-state index is 13.0. The molecule has 0 bridgehead atoms. The first-order chi connectivity index (χ1) is 12.0. The largest absolute Gasteiger partial charge is 0.465 e. The monoisotopic (exact) mass is 362 g/mol. The number of hydrogen-bond donors (Lipinski definition) is 1. The maximum Gasteiger partial charge on any atom is 0.337 e. The predicted molar refractivity (Wildman–Crippen MR) is 95.5 cm³/mol. The molecular formula is C18H22N2O4S. The lowest BCUT2D eigenvalue weighted by Gasteiger charge is -2.22. The molecule has 0 aliphatic rings. The lowest BCUT2D eigenvalue weighted by Crippen LogP contribution is -2.32. The van der Waals surface area contributed by atoms with E-state index in [4.69, 9.17) is 5.73 Å². The van der Waals surface area contributed by atoms with Crippen molar-refractivity contribution < 1.29 is 17.9 Å². The summed E-state index contributed by atoms with van der Waals surface area (Å²) in [6, 6.07) is 15.1. The Morgan fingerprint density at radius 2 is 1.72 bits per heavy atom. The van der Waals surface area contributed by atoms with Gasteiger partial charge in [0, 0.05) is 13.1 Å². The van der Waals surface area contributed by atoms with Gasteiger partial charge in [-0.1, -0.05) is 30.3 Å². The molecule has 7 heteroatoms. The third-order valence-electron chi connectivity index (χ3n) is 3.73. The van der Waals surface area contributed by atoms with E-state index < -0.39 is 16.0 Å². The molecule has 134 valence electrons. The van der Waals surface area contributed by atoms with E-state index in [0.29, 0.717) is 25.1 Å². The lowest BCUT2D eigenvalue weighted by molar-refractivity contribution is 0.0600. The molecule has 0 radical (unpaired) electrons. The van der Waals surface area contributed by atoms with Gasteiger partial charge in [0.1, 0.15) is 0 Å². The molecule has 0 aliphatic carbocycles. The van der Waals surface area contributed by atoms with E-state index in [9.17, 15) is 13.2 Å². The number of esters is 1. The van der Waals surface area contributed by atoms with Crippen molar-refractivity contribution in [2.24, 2.45) is 5.73 Å². The Bertz CT molecular complexity index is 790. The summed E-state index contributed by atoms with van der Waals surface area (Å²) < 4.78 is 32.0. The average molecular weight is 362 g/mol. The summed E-state index contributed by atoms with van der Waals surface area (Å²) in [4.78, 5) is 11.6. The van der Waals surface area contributed by atoms with Crippen molar-refractivity contribution in [1.82, 2.24) is 4.31 Å². The summed E-state index contributed by atoms with van der Waals surface area (Å²) in [5.74, 6) is -0.506. The third-order valence-corrected chi connectivity index (χ3v) is 5.59. The Kier molecular flexibility index (Phi) is 6.69. The number of hydrogen-bond acceptors (Lipinski definition) is 5. The first-order valence-electron chi connectivity index (χ1n) is 7.91. The molecular weight excluding hydrogens is 340 g/mol. The number of benzene rings is 2. The van der Waals surface area contributed by atoms with Gasteiger partial charge in [0.2, 0.25) is 10.0 Å². The second kappa shape index (κ2) is 8.75. The van der Waals surface area contributed by atoms with Gasteiger partial charge in [0.15, 0.2) is 0 Å². The molecule has 0 aliphatic heterocycles. The van der Waals surface area contributed by atoms with E-state index in [1.807, 2.05) is 30.3 Å². The molecule has 0 saturated carbocycles. The number of methoxy groups -OCH3 is 1. The highest BCUT2D eigenvalue weighted by Crippen LogP contribution is 2.19. The number of carbonyl (C=O) groups excluding carboxylic acids is 1. The van der Waals surface area contributed by atoms with Crippen LogP contribution in [0.4, 0.5) is 0 Å². The zero-order valence-electron chi connectivity index (χ0n) is 14.1. The minimum Gasteiger partial charge on any atom is -0.465 e. The third kappa shape index (κ3) is 4.88. The second-order valence-corrected chi connectivity index (χ2v) is 7.42. The summed E-state index contributed by atoms with van der Waals surface area (Å²) in [7, 11) is -2.42. The first kappa shape index (κ1) is 19.1. The van der Waals surface area contributed by atoms with Crippen LogP contribution in [-0.4, -0.2) is 38.9 Å². The first-order valence-corrected chi connectivity index (χ1v) is 9.35. The van der Waals surface area contributed by atoms with Crippen LogP contribution in [0.15, 0.2) is 59.5 Å². The molecule has 2 aromatic rings. The number of sulfonamides is 1. The SMILES string of the molecule is COC(=O)c1ccc(S(=O)(=O)N(CCCN)Cc2ccccc2)cc1. The number of nitrogens with zero attached hydrogens (tertiary/aromatic N) is 1. The normalized spacial score (nSPS) is 11.5. The summed E-state index contributed by atoms with van der Waals surface area (Å²) in [6.45, 7) is 0.997. The molecule has 2 aromatic carbocycles. The van der Waals surface area contributed by atoms with Gasteiger partial charge in [-0.3, -0.25) is 0 Å². The number of nitrogens with two attached hydrogens (primary N) is 1. The summed E-state index contributed by atoms with van der Waals surface area (Å²) in [5.41, 5.74) is 6.75. The van der Waals surface area contributed by atoms with E-state index in [1.165, 1.54) is 35.7 Å². The standard InChI is InChI=1S/C18H22N2O4S/c1-24-18(21)16-8-10-17(11-9-16)25(22,23)20(13-5-12-19)14-15-6-3-2-4-7-15/h2-4,6-11H,5,12-14,19H2,1H3. The molecule has 0 amide bonds. The average Bonchev–Trinajstić information content (AvgIpc) is 2.65. The number of ether oxygens (including phenoxy) is 1. The molecule has 0 atom stereocenters. The van der Waals surface area contributed by atoms with Crippen LogP contribution in [0.5, 0.6) is 0 Å². The molecule has 2 rings (SSSR count). The predicted octanol–water partition coefficient (Wildman–Crippen LogP) is 2.01. The fourth-order valence-electron chi connectivity index (χ4n) is 2.37. The minimum atomic E-state index is -3.70. The van der Waals surface area contributed by atoms with Gasteiger partial charge in [0.05, 0.1) is 17.6 Å². The van der Waals surface area contributed by atoms with Gasteiger partial charge in [-0.2, -0.15) is 4.31 Å². The molecule has 0 fully saturated rings. The number of carbonyl (C=O) groups is 1. The van der Waals surface area contributed by atoms with Crippen molar-refractivity contribution in [3.8, 4) is 0 Å². The van der Waals surface area contributed by atoms with Crippen LogP contribution in [0.3, 0.4) is 0 Å².